The minimum Gasteiger partial charge on any atom is -0.325 e. The van der Waals surface area contributed by atoms with E-state index in [1.54, 1.807) is 30.3 Å². The summed E-state index contributed by atoms with van der Waals surface area (Å²) in [5.74, 6) is -1.11. The Hall–Kier alpha value is -4.25. The fraction of sp³-hybridized carbons (Fsp3) is 0.167. The minimum atomic E-state index is -0.924. The van der Waals surface area contributed by atoms with Crippen molar-refractivity contribution in [3.63, 3.8) is 0 Å². The molecule has 3 N–H and O–H groups in total. The van der Waals surface area contributed by atoms with Crippen LogP contribution in [0.2, 0.25) is 0 Å². The summed E-state index contributed by atoms with van der Waals surface area (Å²) in [6, 6.07) is 16.9. The van der Waals surface area contributed by atoms with E-state index in [1.807, 2.05) is 6.07 Å². The highest BCUT2D eigenvalue weighted by atomic mass is 19.1. The third-order valence-electron chi connectivity index (χ3n) is 5.67. The molecule has 1 aliphatic carbocycles. The number of carbonyl (C=O) groups is 2. The lowest BCUT2D eigenvalue weighted by Crippen LogP contribution is -2.54. The average Bonchev–Trinajstić information content (AvgIpc) is 2.76. The van der Waals surface area contributed by atoms with E-state index in [0.29, 0.717) is 41.0 Å². The van der Waals surface area contributed by atoms with Crippen LogP contribution in [0.15, 0.2) is 66.9 Å². The first-order chi connectivity index (χ1) is 15.4. The molecule has 2 amide bonds. The molecule has 0 spiro atoms. The average molecular weight is 431 g/mol. The number of hydrogen-bond donors (Lipinski definition) is 3. The Morgan fingerprint density at radius 1 is 1.03 bits per heavy atom. The van der Waals surface area contributed by atoms with Gasteiger partial charge < -0.3 is 10.6 Å². The van der Waals surface area contributed by atoms with Crippen molar-refractivity contribution in [3.8, 4) is 6.07 Å². The van der Waals surface area contributed by atoms with E-state index in [1.165, 1.54) is 36.5 Å². The molecule has 0 saturated heterocycles. The Morgan fingerprint density at radius 2 is 1.75 bits per heavy atom. The Morgan fingerprint density at radius 3 is 2.38 bits per heavy atom. The zero-order valence-electron chi connectivity index (χ0n) is 17.0. The lowest BCUT2D eigenvalue weighted by Gasteiger charge is -2.36. The summed E-state index contributed by atoms with van der Waals surface area (Å²) in [7, 11) is 0. The first-order valence-corrected chi connectivity index (χ1v) is 10.1. The molecule has 3 aromatic rings. The second-order valence-electron chi connectivity index (χ2n) is 7.69. The van der Waals surface area contributed by atoms with E-state index in [-0.39, 0.29) is 5.91 Å². The second kappa shape index (κ2) is 8.47. The Bertz CT molecular complexity index is 1230. The Labute approximate surface area is 183 Å². The fourth-order valence-corrected chi connectivity index (χ4v) is 3.79. The summed E-state index contributed by atoms with van der Waals surface area (Å²) in [5, 5.41) is 25.1. The van der Waals surface area contributed by atoms with Crippen molar-refractivity contribution in [1.29, 1.82) is 5.26 Å². The number of aromatic nitrogens is 1. The number of carbonyl (C=O) groups excluding carboxylic acids is 2. The maximum absolute atomic E-state index is 13.1. The molecule has 1 fully saturated rings. The van der Waals surface area contributed by atoms with Crippen LogP contribution in [0.4, 0.5) is 15.8 Å². The number of nitriles is 1. The molecule has 0 bridgehead atoms. The SMILES string of the molecule is N#Cc1cccc(C(=O)Nc2ccc(C3(C(=O)Nc4ccc(F)cc4)CCC3)[n+](O)c2)c1. The number of nitrogens with zero attached hydrogens (tertiary/aromatic N) is 2. The fourth-order valence-electron chi connectivity index (χ4n) is 3.79. The zero-order chi connectivity index (χ0) is 22.7. The van der Waals surface area contributed by atoms with Gasteiger partial charge in [0.15, 0.2) is 0 Å². The molecular formula is C24H20FN4O3+. The molecule has 160 valence electrons. The van der Waals surface area contributed by atoms with E-state index >= 15 is 0 Å². The lowest BCUT2D eigenvalue weighted by atomic mass is 9.65. The number of halogens is 1. The topological polar surface area (TPSA) is 106 Å². The van der Waals surface area contributed by atoms with Gasteiger partial charge in [-0.3, -0.25) is 14.8 Å². The van der Waals surface area contributed by atoms with E-state index < -0.39 is 17.1 Å². The van der Waals surface area contributed by atoms with Gasteiger partial charge in [-0.05, 0) is 61.4 Å². The van der Waals surface area contributed by atoms with Gasteiger partial charge in [-0.15, -0.1) is 0 Å². The van der Waals surface area contributed by atoms with Gasteiger partial charge in [0.1, 0.15) is 16.9 Å². The molecule has 0 aliphatic heterocycles. The van der Waals surface area contributed by atoms with Crippen LogP contribution in [0, 0.1) is 17.1 Å². The van der Waals surface area contributed by atoms with Crippen LogP contribution in [0.1, 0.15) is 40.9 Å². The Balaban J connectivity index is 1.53. The van der Waals surface area contributed by atoms with Crippen molar-refractivity contribution in [2.75, 3.05) is 10.6 Å². The number of hydrogen-bond acceptors (Lipinski definition) is 4. The quantitative estimate of drug-likeness (QED) is 0.424. The van der Waals surface area contributed by atoms with E-state index in [9.17, 15) is 19.2 Å². The second-order valence-corrected chi connectivity index (χ2v) is 7.69. The molecule has 0 atom stereocenters. The van der Waals surface area contributed by atoms with E-state index in [0.717, 1.165) is 11.2 Å². The summed E-state index contributed by atoms with van der Waals surface area (Å²) in [6.07, 6.45) is 3.25. The number of amides is 2. The van der Waals surface area contributed by atoms with Gasteiger partial charge in [0.05, 0.1) is 11.6 Å². The van der Waals surface area contributed by atoms with Gasteiger partial charge in [-0.2, -0.15) is 5.26 Å². The standard InChI is InChI=1S/C24H19FN4O3/c25-18-5-7-19(8-6-18)28-23(31)24(11-2-12-24)21-10-9-20(15-29(21)32)27-22(30)17-4-1-3-16(13-17)14-26/h1,3-10,13,15H,2,11-12H2,(H2-,27,28,30,31,32)/p+1. The number of rotatable bonds is 5. The van der Waals surface area contributed by atoms with Crippen molar-refractivity contribution >= 4 is 23.2 Å². The summed E-state index contributed by atoms with van der Waals surface area (Å²) >= 11 is 0. The third kappa shape index (κ3) is 4.01. The predicted molar refractivity (Wildman–Crippen MR) is 113 cm³/mol. The van der Waals surface area contributed by atoms with Gasteiger partial charge in [-0.25, -0.2) is 4.39 Å². The molecule has 32 heavy (non-hydrogen) atoms. The van der Waals surface area contributed by atoms with Gasteiger partial charge in [0.2, 0.25) is 17.8 Å². The smallest absolute Gasteiger partial charge is 0.255 e. The van der Waals surface area contributed by atoms with Crippen LogP contribution in [0.5, 0.6) is 0 Å². The number of pyridine rings is 1. The highest BCUT2D eigenvalue weighted by molar-refractivity contribution is 6.04. The van der Waals surface area contributed by atoms with Crippen LogP contribution in [-0.2, 0) is 10.2 Å². The summed E-state index contributed by atoms with van der Waals surface area (Å²) in [6.45, 7) is 0. The maximum Gasteiger partial charge on any atom is 0.255 e. The molecule has 8 heteroatoms. The van der Waals surface area contributed by atoms with Gasteiger partial charge >= 0.3 is 0 Å². The highest BCUT2D eigenvalue weighted by Crippen LogP contribution is 2.43. The molecule has 2 aromatic carbocycles. The number of benzene rings is 2. The first-order valence-electron chi connectivity index (χ1n) is 10.1. The maximum atomic E-state index is 13.1. The molecule has 1 aliphatic rings. The largest absolute Gasteiger partial charge is 0.325 e. The van der Waals surface area contributed by atoms with Crippen LogP contribution in [0.25, 0.3) is 0 Å². The van der Waals surface area contributed by atoms with Crippen molar-refractivity contribution < 1.29 is 23.9 Å². The monoisotopic (exact) mass is 431 g/mol. The van der Waals surface area contributed by atoms with Crippen molar-refractivity contribution in [3.05, 3.63) is 89.5 Å². The van der Waals surface area contributed by atoms with Crippen molar-refractivity contribution in [2.45, 2.75) is 24.7 Å². The summed E-state index contributed by atoms with van der Waals surface area (Å²) in [5.41, 5.74) is 0.948. The van der Waals surface area contributed by atoms with Gasteiger partial charge in [0, 0.05) is 22.0 Å². The van der Waals surface area contributed by atoms with Crippen LogP contribution >= 0.6 is 0 Å². The van der Waals surface area contributed by atoms with Gasteiger partial charge in [-0.1, -0.05) is 12.5 Å². The zero-order valence-corrected chi connectivity index (χ0v) is 17.0. The predicted octanol–water partition coefficient (Wildman–Crippen LogP) is 3.53. The minimum absolute atomic E-state index is 0.289. The van der Waals surface area contributed by atoms with E-state index in [2.05, 4.69) is 10.6 Å². The highest BCUT2D eigenvalue weighted by Gasteiger charge is 2.52. The molecule has 7 nitrogen and oxygen atoms in total. The third-order valence-corrected chi connectivity index (χ3v) is 5.67. The lowest BCUT2D eigenvalue weighted by molar-refractivity contribution is -0.911. The van der Waals surface area contributed by atoms with Crippen LogP contribution in [-0.4, -0.2) is 17.0 Å². The molecule has 1 heterocycles. The normalized spacial score (nSPS) is 14.0. The molecule has 4 rings (SSSR count). The molecule has 0 unspecified atom stereocenters. The van der Waals surface area contributed by atoms with Crippen molar-refractivity contribution in [1.82, 2.24) is 0 Å². The van der Waals surface area contributed by atoms with Crippen LogP contribution in [0.3, 0.4) is 0 Å². The van der Waals surface area contributed by atoms with Crippen LogP contribution < -0.4 is 15.4 Å². The van der Waals surface area contributed by atoms with Crippen molar-refractivity contribution in [2.24, 2.45) is 0 Å². The summed E-state index contributed by atoms with van der Waals surface area (Å²) in [4.78, 5) is 25.5. The Kier molecular flexibility index (Phi) is 5.56. The number of anilines is 2. The number of nitrogens with one attached hydrogen (secondary N) is 2. The molecule has 1 saturated carbocycles. The molecule has 1 aromatic heterocycles. The first kappa shape index (κ1) is 21.0. The van der Waals surface area contributed by atoms with E-state index in [4.69, 9.17) is 5.26 Å². The summed E-state index contributed by atoms with van der Waals surface area (Å²) < 4.78 is 14.0. The molecule has 0 radical (unpaired) electrons. The van der Waals surface area contributed by atoms with Gasteiger partial charge in [0.25, 0.3) is 5.91 Å². The molecular weight excluding hydrogens is 411 g/mol.